The van der Waals surface area contributed by atoms with Crippen LogP contribution in [0, 0.1) is 23.2 Å². The van der Waals surface area contributed by atoms with Crippen LogP contribution in [-0.2, 0) is 10.9 Å². The number of rotatable bonds is 7. The monoisotopic (exact) mass is 488 g/mol. The Morgan fingerprint density at radius 3 is 2.18 bits per heavy atom. The lowest BCUT2D eigenvalue weighted by molar-refractivity contribution is -0.137. The molecule has 6 rings (SSSR count). The highest BCUT2D eigenvalue weighted by molar-refractivity contribution is 5.85. The highest BCUT2D eigenvalue weighted by Crippen LogP contribution is 2.60. The van der Waals surface area contributed by atoms with Gasteiger partial charge in [-0.05, 0) is 79.9 Å². The highest BCUT2D eigenvalue weighted by atomic mass is 35.5. The van der Waals surface area contributed by atoms with Gasteiger partial charge in [-0.3, -0.25) is 4.90 Å². The summed E-state index contributed by atoms with van der Waals surface area (Å²) < 4.78 is 45.0. The summed E-state index contributed by atoms with van der Waals surface area (Å²) >= 11 is 0. The number of anilines is 1. The summed E-state index contributed by atoms with van der Waals surface area (Å²) in [5.74, 6) is 2.72. The largest absolute Gasteiger partial charge is 0.416 e. The van der Waals surface area contributed by atoms with Gasteiger partial charge in [-0.1, -0.05) is 6.07 Å². The molecule has 1 aromatic rings. The highest BCUT2D eigenvalue weighted by Gasteiger charge is 2.50. The fourth-order valence-corrected chi connectivity index (χ4v) is 7.30. The van der Waals surface area contributed by atoms with Gasteiger partial charge in [0.15, 0.2) is 0 Å². The van der Waals surface area contributed by atoms with Crippen LogP contribution in [0.4, 0.5) is 18.9 Å². The van der Waals surface area contributed by atoms with Crippen molar-refractivity contribution in [2.75, 3.05) is 50.8 Å². The summed E-state index contributed by atoms with van der Waals surface area (Å²) in [6.45, 7) is 4.47. The van der Waals surface area contributed by atoms with Crippen LogP contribution >= 0.6 is 12.4 Å². The number of ether oxygens (including phenoxy) is 1. The average Bonchev–Trinajstić information content (AvgIpc) is 2.73. The van der Waals surface area contributed by atoms with Gasteiger partial charge < -0.3 is 14.7 Å². The molecule has 1 saturated heterocycles. The zero-order valence-electron chi connectivity index (χ0n) is 19.1. The lowest BCUT2D eigenvalue weighted by atomic mass is 9.50. The van der Waals surface area contributed by atoms with E-state index in [9.17, 15) is 18.3 Å². The van der Waals surface area contributed by atoms with Crippen molar-refractivity contribution in [2.24, 2.45) is 23.2 Å². The smallest absolute Gasteiger partial charge is 0.389 e. The molecule has 1 atom stereocenters. The average molecular weight is 489 g/mol. The van der Waals surface area contributed by atoms with Crippen LogP contribution in [0.25, 0.3) is 0 Å². The third kappa shape index (κ3) is 5.80. The number of piperazine rings is 1. The molecule has 1 aromatic carbocycles. The standard InChI is InChI=1S/C25H35F3N2O2.ClH/c26-25(27,28)21-2-1-3-22(11-21)30-6-4-29(5-7-30)15-23(31)16-32-17-24-12-18-8-19(13-24)10-20(9-18)14-24;/h1-3,11,18-20,23,31H,4-10,12-17H2;1H. The van der Waals surface area contributed by atoms with Crippen LogP contribution in [0.1, 0.15) is 44.1 Å². The van der Waals surface area contributed by atoms with Gasteiger partial charge in [0.2, 0.25) is 0 Å². The Kier molecular flexibility index (Phi) is 7.54. The Morgan fingerprint density at radius 1 is 1.00 bits per heavy atom. The van der Waals surface area contributed by atoms with Crippen molar-refractivity contribution >= 4 is 18.1 Å². The Bertz CT molecular complexity index is 763. The molecule has 4 nitrogen and oxygen atoms in total. The van der Waals surface area contributed by atoms with Crippen LogP contribution in [0.3, 0.4) is 0 Å². The van der Waals surface area contributed by atoms with E-state index in [0.29, 0.717) is 37.3 Å². The number of hydrogen-bond acceptors (Lipinski definition) is 4. The zero-order valence-corrected chi connectivity index (χ0v) is 19.9. The van der Waals surface area contributed by atoms with Crippen molar-refractivity contribution in [3.05, 3.63) is 29.8 Å². The number of nitrogens with zero attached hydrogens (tertiary/aromatic N) is 2. The predicted octanol–water partition coefficient (Wildman–Crippen LogP) is 4.84. The number of halogens is 4. The molecule has 1 N–H and O–H groups in total. The summed E-state index contributed by atoms with van der Waals surface area (Å²) in [6.07, 6.45) is 3.37. The first-order valence-corrected chi connectivity index (χ1v) is 12.2. The first kappa shape index (κ1) is 25.1. The van der Waals surface area contributed by atoms with Gasteiger partial charge in [-0.2, -0.15) is 13.2 Å². The van der Waals surface area contributed by atoms with Crippen LogP contribution in [0.5, 0.6) is 0 Å². The third-order valence-corrected chi connectivity index (χ3v) is 8.26. The van der Waals surface area contributed by atoms with Crippen molar-refractivity contribution < 1.29 is 23.0 Å². The Labute approximate surface area is 200 Å². The van der Waals surface area contributed by atoms with E-state index in [0.717, 1.165) is 43.5 Å². The van der Waals surface area contributed by atoms with Crippen LogP contribution in [-0.4, -0.2) is 62.0 Å². The number of hydrogen-bond donors (Lipinski definition) is 1. The zero-order chi connectivity index (χ0) is 22.3. The molecule has 1 unspecified atom stereocenters. The molecule has 5 aliphatic rings. The first-order valence-electron chi connectivity index (χ1n) is 12.2. The molecule has 186 valence electrons. The minimum Gasteiger partial charge on any atom is -0.389 e. The van der Waals surface area contributed by atoms with Crippen LogP contribution < -0.4 is 4.90 Å². The minimum atomic E-state index is -4.32. The summed E-state index contributed by atoms with van der Waals surface area (Å²) in [5, 5.41) is 10.5. The van der Waals surface area contributed by atoms with E-state index >= 15 is 0 Å². The van der Waals surface area contributed by atoms with Gasteiger partial charge in [0.25, 0.3) is 0 Å². The molecule has 0 spiro atoms. The predicted molar refractivity (Wildman–Crippen MR) is 125 cm³/mol. The molecule has 5 fully saturated rings. The molecule has 8 heteroatoms. The normalized spacial score (nSPS) is 32.6. The first-order chi connectivity index (χ1) is 15.3. The molecular formula is C25H36ClF3N2O2. The van der Waals surface area contributed by atoms with E-state index in [-0.39, 0.29) is 12.4 Å². The van der Waals surface area contributed by atoms with E-state index in [1.807, 2.05) is 4.90 Å². The van der Waals surface area contributed by atoms with E-state index in [1.54, 1.807) is 6.07 Å². The number of aliphatic hydroxyl groups is 1. The third-order valence-electron chi connectivity index (χ3n) is 8.26. The molecule has 33 heavy (non-hydrogen) atoms. The van der Waals surface area contributed by atoms with Gasteiger partial charge in [0.05, 0.1) is 24.9 Å². The molecule has 4 saturated carbocycles. The van der Waals surface area contributed by atoms with E-state index in [2.05, 4.69) is 4.90 Å². The fraction of sp³-hybridized carbons (Fsp3) is 0.760. The van der Waals surface area contributed by atoms with Gasteiger partial charge in [0, 0.05) is 38.4 Å². The lowest BCUT2D eigenvalue weighted by Gasteiger charge is -2.56. The van der Waals surface area contributed by atoms with E-state index in [4.69, 9.17) is 4.74 Å². The lowest BCUT2D eigenvalue weighted by Crippen LogP contribution is -2.50. The summed E-state index contributed by atoms with van der Waals surface area (Å²) in [4.78, 5) is 4.17. The Balaban J connectivity index is 0.00000259. The summed E-state index contributed by atoms with van der Waals surface area (Å²) in [5.41, 5.74) is 0.369. The second kappa shape index (κ2) is 9.92. The van der Waals surface area contributed by atoms with Crippen LogP contribution in [0.2, 0.25) is 0 Å². The number of benzene rings is 1. The van der Waals surface area contributed by atoms with Crippen molar-refractivity contribution in [2.45, 2.75) is 50.8 Å². The van der Waals surface area contributed by atoms with Gasteiger partial charge in [-0.15, -0.1) is 12.4 Å². The number of β-amino-alcohol motifs (C(OH)–C–C–N with tert-alkyl or cyclic N) is 1. The van der Waals surface area contributed by atoms with Gasteiger partial charge >= 0.3 is 6.18 Å². The minimum absolute atomic E-state index is 0. The molecule has 4 bridgehead atoms. The summed E-state index contributed by atoms with van der Waals surface area (Å²) in [7, 11) is 0. The maximum Gasteiger partial charge on any atom is 0.416 e. The molecule has 0 radical (unpaired) electrons. The van der Waals surface area contributed by atoms with Crippen LogP contribution in [0.15, 0.2) is 24.3 Å². The molecule has 1 heterocycles. The number of aliphatic hydroxyl groups excluding tert-OH is 1. The SMILES string of the molecule is Cl.OC(COCC12CC3CC(CC(C3)C1)C2)CN1CCN(c2cccc(C(F)(F)F)c2)CC1. The molecule has 0 aromatic heterocycles. The maximum absolute atomic E-state index is 13.0. The molecular weight excluding hydrogens is 453 g/mol. The number of alkyl halides is 3. The Morgan fingerprint density at radius 2 is 1.61 bits per heavy atom. The van der Waals surface area contributed by atoms with E-state index in [1.165, 1.54) is 50.7 Å². The Hall–Kier alpha value is -1.02. The molecule has 0 amide bonds. The van der Waals surface area contributed by atoms with Gasteiger partial charge in [0.1, 0.15) is 0 Å². The molecule has 4 aliphatic carbocycles. The van der Waals surface area contributed by atoms with Gasteiger partial charge in [-0.25, -0.2) is 0 Å². The maximum atomic E-state index is 13.0. The van der Waals surface area contributed by atoms with Crippen molar-refractivity contribution in [1.82, 2.24) is 4.90 Å². The summed E-state index contributed by atoms with van der Waals surface area (Å²) in [6, 6.07) is 5.54. The van der Waals surface area contributed by atoms with Crippen molar-refractivity contribution in [3.63, 3.8) is 0 Å². The topological polar surface area (TPSA) is 35.9 Å². The van der Waals surface area contributed by atoms with Crippen molar-refractivity contribution in [1.29, 1.82) is 0 Å². The van der Waals surface area contributed by atoms with Crippen molar-refractivity contribution in [3.8, 4) is 0 Å². The quantitative estimate of drug-likeness (QED) is 0.595. The van der Waals surface area contributed by atoms with E-state index < -0.39 is 17.8 Å². The fourth-order valence-electron chi connectivity index (χ4n) is 7.30. The second-order valence-electron chi connectivity index (χ2n) is 10.9. The second-order valence-corrected chi connectivity index (χ2v) is 10.9. The molecule has 1 aliphatic heterocycles.